The van der Waals surface area contributed by atoms with Crippen LogP contribution in [0.1, 0.15) is 30.5 Å². The molecule has 1 fully saturated rings. The molecule has 2 nitrogen and oxygen atoms in total. The predicted molar refractivity (Wildman–Crippen MR) is 81.2 cm³/mol. The van der Waals surface area contributed by atoms with Crippen LogP contribution in [-0.2, 0) is 6.18 Å². The van der Waals surface area contributed by atoms with Gasteiger partial charge in [-0.3, -0.25) is 4.90 Å². The molecule has 7 heteroatoms. The van der Waals surface area contributed by atoms with Gasteiger partial charge in [-0.05, 0) is 24.1 Å². The molecule has 0 amide bonds. The van der Waals surface area contributed by atoms with Crippen molar-refractivity contribution in [2.75, 3.05) is 26.2 Å². The third-order valence-corrected chi connectivity index (χ3v) is 3.98. The topological polar surface area (TPSA) is 15.3 Å². The molecular formula is C14H19Cl2F3N2. The van der Waals surface area contributed by atoms with E-state index in [2.05, 4.69) is 10.2 Å². The summed E-state index contributed by atoms with van der Waals surface area (Å²) >= 11 is 5.80. The van der Waals surface area contributed by atoms with Gasteiger partial charge in [-0.15, -0.1) is 12.4 Å². The molecule has 0 aliphatic carbocycles. The highest BCUT2D eigenvalue weighted by molar-refractivity contribution is 6.31. The molecule has 0 aromatic heterocycles. The number of halogens is 5. The average molecular weight is 343 g/mol. The molecule has 0 bridgehead atoms. The van der Waals surface area contributed by atoms with E-state index in [1.165, 1.54) is 6.07 Å². The van der Waals surface area contributed by atoms with Gasteiger partial charge in [0.05, 0.1) is 10.6 Å². The third-order valence-electron chi connectivity index (χ3n) is 3.66. The minimum Gasteiger partial charge on any atom is -0.314 e. The van der Waals surface area contributed by atoms with Crippen molar-refractivity contribution in [2.45, 2.75) is 25.6 Å². The van der Waals surface area contributed by atoms with Crippen LogP contribution in [0.15, 0.2) is 18.2 Å². The Bertz CT molecular complexity index is 460. The number of alkyl halides is 3. The smallest absolute Gasteiger partial charge is 0.314 e. The number of benzene rings is 1. The first kappa shape index (κ1) is 18.6. The number of nitrogens with zero attached hydrogens (tertiary/aromatic N) is 1. The highest BCUT2D eigenvalue weighted by Crippen LogP contribution is 2.37. The Morgan fingerprint density at radius 1 is 1.29 bits per heavy atom. The molecule has 1 heterocycles. The van der Waals surface area contributed by atoms with Crippen LogP contribution in [0.4, 0.5) is 13.2 Å². The molecule has 0 radical (unpaired) electrons. The van der Waals surface area contributed by atoms with E-state index in [1.54, 1.807) is 6.07 Å². The lowest BCUT2D eigenvalue weighted by Gasteiger charge is -2.35. The minimum absolute atomic E-state index is 0. The lowest BCUT2D eigenvalue weighted by molar-refractivity contribution is -0.137. The summed E-state index contributed by atoms with van der Waals surface area (Å²) < 4.78 is 38.1. The zero-order valence-electron chi connectivity index (χ0n) is 11.7. The minimum atomic E-state index is -4.40. The second-order valence-corrected chi connectivity index (χ2v) is 5.35. The summed E-state index contributed by atoms with van der Waals surface area (Å²) in [4.78, 5) is 2.29. The van der Waals surface area contributed by atoms with Gasteiger partial charge in [0.2, 0.25) is 0 Å². The Labute approximate surface area is 134 Å². The molecule has 2 rings (SSSR count). The van der Waals surface area contributed by atoms with Gasteiger partial charge in [0.15, 0.2) is 0 Å². The number of nitrogens with one attached hydrogen (secondary N) is 1. The predicted octanol–water partition coefficient (Wildman–Crippen LogP) is 4.14. The molecule has 21 heavy (non-hydrogen) atoms. The van der Waals surface area contributed by atoms with Crippen molar-refractivity contribution in [3.8, 4) is 0 Å². The van der Waals surface area contributed by atoms with Crippen molar-refractivity contribution in [3.63, 3.8) is 0 Å². The first-order chi connectivity index (χ1) is 9.43. The van der Waals surface area contributed by atoms with Gasteiger partial charge >= 0.3 is 6.18 Å². The van der Waals surface area contributed by atoms with E-state index >= 15 is 0 Å². The van der Waals surface area contributed by atoms with E-state index in [4.69, 9.17) is 11.6 Å². The highest BCUT2D eigenvalue weighted by Gasteiger charge is 2.33. The van der Waals surface area contributed by atoms with Crippen LogP contribution in [0.2, 0.25) is 5.02 Å². The van der Waals surface area contributed by atoms with Gasteiger partial charge < -0.3 is 5.32 Å². The van der Waals surface area contributed by atoms with Crippen molar-refractivity contribution < 1.29 is 13.2 Å². The van der Waals surface area contributed by atoms with E-state index in [0.717, 1.165) is 44.2 Å². The molecule has 1 aromatic rings. The van der Waals surface area contributed by atoms with Crippen molar-refractivity contribution in [1.82, 2.24) is 10.2 Å². The Morgan fingerprint density at radius 3 is 2.38 bits per heavy atom. The van der Waals surface area contributed by atoms with Gasteiger partial charge in [-0.25, -0.2) is 0 Å². The number of piperazine rings is 1. The average Bonchev–Trinajstić information content (AvgIpc) is 2.39. The van der Waals surface area contributed by atoms with E-state index in [0.29, 0.717) is 0 Å². The molecule has 0 spiro atoms. The molecule has 0 unspecified atom stereocenters. The number of hydrogen-bond donors (Lipinski definition) is 1. The Kier molecular flexibility index (Phi) is 6.78. The maximum Gasteiger partial charge on any atom is 0.417 e. The maximum atomic E-state index is 12.7. The van der Waals surface area contributed by atoms with Crippen molar-refractivity contribution in [3.05, 3.63) is 34.3 Å². The summed E-state index contributed by atoms with van der Waals surface area (Å²) in [7, 11) is 0. The largest absolute Gasteiger partial charge is 0.417 e. The first-order valence-corrected chi connectivity index (χ1v) is 7.12. The van der Waals surface area contributed by atoms with Crippen LogP contribution in [-0.4, -0.2) is 31.1 Å². The maximum absolute atomic E-state index is 12.7. The normalized spacial score (nSPS) is 18.1. The number of hydrogen-bond acceptors (Lipinski definition) is 2. The molecule has 1 atom stereocenters. The lowest BCUT2D eigenvalue weighted by Crippen LogP contribution is -2.45. The van der Waals surface area contributed by atoms with E-state index in [9.17, 15) is 13.2 Å². The fourth-order valence-corrected chi connectivity index (χ4v) is 2.96. The van der Waals surface area contributed by atoms with Crippen molar-refractivity contribution >= 4 is 24.0 Å². The fraction of sp³-hybridized carbons (Fsp3) is 0.571. The summed E-state index contributed by atoms with van der Waals surface area (Å²) in [6.45, 7) is 5.66. The summed E-state index contributed by atoms with van der Waals surface area (Å²) in [5.41, 5.74) is 0.0884. The summed E-state index contributed by atoms with van der Waals surface area (Å²) in [6, 6.07) is 4.21. The monoisotopic (exact) mass is 342 g/mol. The Morgan fingerprint density at radius 2 is 1.90 bits per heavy atom. The quantitative estimate of drug-likeness (QED) is 0.888. The summed E-state index contributed by atoms with van der Waals surface area (Å²) in [6.07, 6.45) is -3.55. The van der Waals surface area contributed by atoms with Crippen LogP contribution < -0.4 is 5.32 Å². The van der Waals surface area contributed by atoms with Crippen molar-refractivity contribution in [1.29, 1.82) is 0 Å². The first-order valence-electron chi connectivity index (χ1n) is 6.75. The van der Waals surface area contributed by atoms with Crippen LogP contribution in [0.5, 0.6) is 0 Å². The fourth-order valence-electron chi connectivity index (χ4n) is 2.67. The Balaban J connectivity index is 0.00000220. The van der Waals surface area contributed by atoms with E-state index < -0.39 is 11.7 Å². The van der Waals surface area contributed by atoms with Crippen LogP contribution in [0.3, 0.4) is 0 Å². The molecule has 120 valence electrons. The zero-order valence-corrected chi connectivity index (χ0v) is 13.3. The molecule has 1 saturated heterocycles. The van der Waals surface area contributed by atoms with Crippen molar-refractivity contribution in [2.24, 2.45) is 0 Å². The van der Waals surface area contributed by atoms with Gasteiger partial charge in [0.25, 0.3) is 0 Å². The van der Waals surface area contributed by atoms with Gasteiger partial charge in [0, 0.05) is 32.2 Å². The molecule has 1 aliphatic rings. The molecule has 1 aliphatic heterocycles. The molecule has 1 aromatic carbocycles. The lowest BCUT2D eigenvalue weighted by atomic mass is 10.00. The van der Waals surface area contributed by atoms with E-state index in [-0.39, 0.29) is 23.5 Å². The Hall–Kier alpha value is -0.490. The van der Waals surface area contributed by atoms with Gasteiger partial charge in [0.1, 0.15) is 0 Å². The molecule has 1 N–H and O–H groups in total. The van der Waals surface area contributed by atoms with Crippen LogP contribution >= 0.6 is 24.0 Å². The zero-order chi connectivity index (χ0) is 14.8. The summed E-state index contributed by atoms with van der Waals surface area (Å²) in [5, 5.41) is 3.05. The van der Waals surface area contributed by atoms with Gasteiger partial charge in [-0.1, -0.05) is 24.6 Å². The highest BCUT2D eigenvalue weighted by atomic mass is 35.5. The third kappa shape index (κ3) is 4.49. The standard InChI is InChI=1S/C14H18ClF3N2.ClH/c1-2-13(20-7-5-19-6-8-20)10-3-4-11(12(15)9-10)14(16,17)18;/h3-4,9,13,19H,2,5-8H2,1H3;1H/t13-;/m1./s1. The van der Waals surface area contributed by atoms with Gasteiger partial charge in [-0.2, -0.15) is 13.2 Å². The van der Waals surface area contributed by atoms with Crippen LogP contribution in [0, 0.1) is 0 Å². The SMILES string of the molecule is CC[C@H](c1ccc(C(F)(F)F)c(Cl)c1)N1CCNCC1.Cl. The second-order valence-electron chi connectivity index (χ2n) is 4.95. The van der Waals surface area contributed by atoms with Crippen LogP contribution in [0.25, 0.3) is 0 Å². The molecular weight excluding hydrogens is 324 g/mol. The number of rotatable bonds is 3. The molecule has 0 saturated carbocycles. The van der Waals surface area contributed by atoms with E-state index in [1.807, 2.05) is 6.92 Å². The second kappa shape index (κ2) is 7.68. The summed E-state index contributed by atoms with van der Waals surface area (Å²) in [5.74, 6) is 0.